The van der Waals surface area contributed by atoms with E-state index in [4.69, 9.17) is 11.6 Å². The average molecular weight is 406 g/mol. The summed E-state index contributed by atoms with van der Waals surface area (Å²) in [6, 6.07) is 9.53. The Morgan fingerprint density at radius 3 is 2.89 bits per heavy atom. The molecule has 3 aromatic rings. The predicted molar refractivity (Wildman–Crippen MR) is 108 cm³/mol. The number of carbonyl (C=O) groups is 1. The summed E-state index contributed by atoms with van der Waals surface area (Å²) in [6.07, 6.45) is 1.66. The molecule has 1 unspecified atom stereocenters. The molecule has 1 aliphatic heterocycles. The second kappa shape index (κ2) is 7.84. The normalized spacial score (nSPS) is 17.0. The maximum Gasteiger partial charge on any atom is 0.257 e. The van der Waals surface area contributed by atoms with Crippen molar-refractivity contribution in [3.05, 3.63) is 64.1 Å². The number of aromatic nitrogens is 3. The molecule has 8 heteroatoms. The van der Waals surface area contributed by atoms with Gasteiger partial charge < -0.3 is 10.2 Å². The summed E-state index contributed by atoms with van der Waals surface area (Å²) >= 11 is 6.16. The molecule has 0 spiro atoms. The van der Waals surface area contributed by atoms with E-state index in [0.29, 0.717) is 23.7 Å². The van der Waals surface area contributed by atoms with Crippen LogP contribution in [0.5, 0.6) is 0 Å². The lowest BCUT2D eigenvalue weighted by Crippen LogP contribution is -2.49. The Bertz CT molecular complexity index is 987. The molecule has 1 N–H and O–H groups in total. The number of nitrogens with zero attached hydrogens (tertiary/aromatic N) is 4. The van der Waals surface area contributed by atoms with E-state index in [1.807, 2.05) is 49.1 Å². The maximum absolute atomic E-state index is 13.3. The number of benzene rings is 1. The van der Waals surface area contributed by atoms with Crippen LogP contribution in [0.2, 0.25) is 5.02 Å². The Labute approximate surface area is 168 Å². The first-order chi connectivity index (χ1) is 12.5. The van der Waals surface area contributed by atoms with Crippen molar-refractivity contribution in [2.24, 2.45) is 0 Å². The Morgan fingerprint density at radius 1 is 1.30 bits per heavy atom. The van der Waals surface area contributed by atoms with Crippen LogP contribution in [-0.2, 0) is 0 Å². The van der Waals surface area contributed by atoms with Crippen molar-refractivity contribution in [3.63, 3.8) is 0 Å². The molecule has 0 aliphatic carbocycles. The molecule has 2 aromatic heterocycles. The molecule has 4 rings (SSSR count). The Balaban J connectivity index is 0.00000210. The second-order valence-corrected chi connectivity index (χ2v) is 7.02. The fourth-order valence-corrected chi connectivity index (χ4v) is 3.69. The van der Waals surface area contributed by atoms with Gasteiger partial charge in [0.2, 0.25) is 0 Å². The minimum Gasteiger partial charge on any atom is -0.329 e. The quantitative estimate of drug-likeness (QED) is 0.710. The van der Waals surface area contributed by atoms with Crippen LogP contribution in [-0.4, -0.2) is 45.0 Å². The molecule has 6 nitrogen and oxygen atoms in total. The second-order valence-electron chi connectivity index (χ2n) is 6.59. The molecule has 142 valence electrons. The maximum atomic E-state index is 13.3. The molecule has 1 aliphatic rings. The van der Waals surface area contributed by atoms with Gasteiger partial charge in [-0.2, -0.15) is 5.10 Å². The number of fused-ring (bicyclic) bond motifs is 1. The van der Waals surface area contributed by atoms with Crippen molar-refractivity contribution in [1.82, 2.24) is 24.8 Å². The van der Waals surface area contributed by atoms with Crippen LogP contribution in [0.1, 0.15) is 33.4 Å². The molecule has 1 amide bonds. The fourth-order valence-electron chi connectivity index (χ4n) is 3.49. The number of rotatable bonds is 2. The number of aryl methyl sites for hydroxylation is 2. The molecule has 1 fully saturated rings. The van der Waals surface area contributed by atoms with Gasteiger partial charge >= 0.3 is 0 Å². The zero-order valence-corrected chi connectivity index (χ0v) is 16.7. The topological polar surface area (TPSA) is 62.5 Å². The third-order valence-corrected chi connectivity index (χ3v) is 5.05. The van der Waals surface area contributed by atoms with E-state index in [1.165, 1.54) is 0 Å². The Kier molecular flexibility index (Phi) is 5.69. The number of hydrogen-bond donors (Lipinski definition) is 1. The summed E-state index contributed by atoms with van der Waals surface area (Å²) in [5.41, 5.74) is 4.04. The van der Waals surface area contributed by atoms with E-state index < -0.39 is 0 Å². The molecule has 1 aromatic carbocycles. The van der Waals surface area contributed by atoms with Crippen LogP contribution in [0, 0.1) is 13.8 Å². The smallest absolute Gasteiger partial charge is 0.257 e. The lowest BCUT2D eigenvalue weighted by molar-refractivity contribution is 0.0632. The van der Waals surface area contributed by atoms with Gasteiger partial charge in [-0.1, -0.05) is 23.7 Å². The summed E-state index contributed by atoms with van der Waals surface area (Å²) < 4.78 is 1.74. The standard InChI is InChI=1S/C19H20ClN5O.ClH/c1-12-8-18-22-10-16(13(2)25(18)23-12)19(26)24-7-6-21-11-17(24)14-4-3-5-15(20)9-14;/h3-5,8-10,17,21H,6-7,11H2,1-2H3;1H. The first kappa shape index (κ1) is 19.6. The van der Waals surface area contributed by atoms with Gasteiger partial charge in [-0.25, -0.2) is 9.50 Å². The van der Waals surface area contributed by atoms with Gasteiger partial charge in [-0.15, -0.1) is 12.4 Å². The van der Waals surface area contributed by atoms with Crippen molar-refractivity contribution in [2.45, 2.75) is 19.9 Å². The first-order valence-corrected chi connectivity index (χ1v) is 9.01. The van der Waals surface area contributed by atoms with E-state index in [0.717, 1.165) is 29.1 Å². The van der Waals surface area contributed by atoms with Gasteiger partial charge in [0, 0.05) is 36.9 Å². The zero-order chi connectivity index (χ0) is 18.3. The van der Waals surface area contributed by atoms with Gasteiger partial charge in [0.05, 0.1) is 23.0 Å². The Morgan fingerprint density at radius 2 is 2.11 bits per heavy atom. The highest BCUT2D eigenvalue weighted by atomic mass is 35.5. The summed E-state index contributed by atoms with van der Waals surface area (Å²) in [7, 11) is 0. The minimum atomic E-state index is -0.0654. The van der Waals surface area contributed by atoms with Crippen molar-refractivity contribution < 1.29 is 4.79 Å². The predicted octanol–water partition coefficient (Wildman–Crippen LogP) is 3.21. The van der Waals surface area contributed by atoms with E-state index in [-0.39, 0.29) is 24.4 Å². The number of nitrogens with one attached hydrogen (secondary N) is 1. The van der Waals surface area contributed by atoms with Gasteiger partial charge in [-0.05, 0) is 31.5 Å². The highest BCUT2D eigenvalue weighted by Gasteiger charge is 2.30. The SMILES string of the molecule is Cc1cc2ncc(C(=O)N3CCNCC3c3cccc(Cl)c3)c(C)n2n1.Cl. The van der Waals surface area contributed by atoms with E-state index in [9.17, 15) is 4.79 Å². The molecule has 1 saturated heterocycles. The summed E-state index contributed by atoms with van der Waals surface area (Å²) in [5.74, 6) is -0.0310. The lowest BCUT2D eigenvalue weighted by Gasteiger charge is -2.37. The van der Waals surface area contributed by atoms with E-state index >= 15 is 0 Å². The zero-order valence-electron chi connectivity index (χ0n) is 15.1. The molecule has 1 atom stereocenters. The van der Waals surface area contributed by atoms with Crippen LogP contribution in [0.4, 0.5) is 0 Å². The average Bonchev–Trinajstić information content (AvgIpc) is 3.03. The first-order valence-electron chi connectivity index (χ1n) is 8.64. The molecular formula is C19H21Cl2N5O. The highest BCUT2D eigenvalue weighted by Crippen LogP contribution is 2.27. The number of amides is 1. The molecule has 27 heavy (non-hydrogen) atoms. The van der Waals surface area contributed by atoms with Crippen molar-refractivity contribution >= 4 is 35.6 Å². The van der Waals surface area contributed by atoms with Crippen LogP contribution in [0.3, 0.4) is 0 Å². The number of carbonyl (C=O) groups excluding carboxylic acids is 1. The molecule has 3 heterocycles. The third kappa shape index (κ3) is 3.65. The van der Waals surface area contributed by atoms with Crippen molar-refractivity contribution in [2.75, 3.05) is 19.6 Å². The van der Waals surface area contributed by atoms with Crippen LogP contribution in [0.25, 0.3) is 5.65 Å². The van der Waals surface area contributed by atoms with Crippen LogP contribution < -0.4 is 5.32 Å². The van der Waals surface area contributed by atoms with Gasteiger partial charge in [0.15, 0.2) is 5.65 Å². The van der Waals surface area contributed by atoms with Gasteiger partial charge in [0.1, 0.15) is 0 Å². The summed E-state index contributed by atoms with van der Waals surface area (Å²) in [4.78, 5) is 19.6. The fraction of sp³-hybridized carbons (Fsp3) is 0.316. The van der Waals surface area contributed by atoms with E-state index in [1.54, 1.807) is 10.7 Å². The molecular weight excluding hydrogens is 385 g/mol. The largest absolute Gasteiger partial charge is 0.329 e. The van der Waals surface area contributed by atoms with Crippen LogP contribution in [0.15, 0.2) is 36.5 Å². The monoisotopic (exact) mass is 405 g/mol. The van der Waals surface area contributed by atoms with Crippen molar-refractivity contribution in [1.29, 1.82) is 0 Å². The number of halogens is 2. The highest BCUT2D eigenvalue weighted by molar-refractivity contribution is 6.30. The van der Waals surface area contributed by atoms with Crippen molar-refractivity contribution in [3.8, 4) is 0 Å². The third-order valence-electron chi connectivity index (χ3n) is 4.81. The molecule has 0 saturated carbocycles. The number of piperazine rings is 1. The lowest BCUT2D eigenvalue weighted by atomic mass is 10.0. The summed E-state index contributed by atoms with van der Waals surface area (Å²) in [6.45, 7) is 5.91. The summed E-state index contributed by atoms with van der Waals surface area (Å²) in [5, 5.41) is 8.48. The Hall–Kier alpha value is -2.15. The molecule has 0 bridgehead atoms. The number of hydrogen-bond acceptors (Lipinski definition) is 4. The van der Waals surface area contributed by atoms with Crippen LogP contribution >= 0.6 is 24.0 Å². The van der Waals surface area contributed by atoms with Gasteiger partial charge in [-0.3, -0.25) is 4.79 Å². The van der Waals surface area contributed by atoms with E-state index in [2.05, 4.69) is 15.4 Å². The van der Waals surface area contributed by atoms with Gasteiger partial charge in [0.25, 0.3) is 5.91 Å². The molecule has 0 radical (unpaired) electrons. The minimum absolute atomic E-state index is 0.